The van der Waals surface area contributed by atoms with Gasteiger partial charge in [0.1, 0.15) is 6.61 Å². The summed E-state index contributed by atoms with van der Waals surface area (Å²) in [6.07, 6.45) is 48.6. The summed E-state index contributed by atoms with van der Waals surface area (Å²) >= 11 is 0. The molecule has 0 aromatic heterocycles. The van der Waals surface area contributed by atoms with Crippen molar-refractivity contribution in [1.82, 2.24) is 0 Å². The smallest absolute Gasteiger partial charge is 0.362 e. The molecule has 0 aromatic carbocycles. The third-order valence-electron chi connectivity index (χ3n) is 10.5. The highest BCUT2D eigenvalue weighted by Crippen LogP contribution is 2.15. The van der Waals surface area contributed by atoms with Gasteiger partial charge in [-0.15, -0.1) is 0 Å². The molecule has 0 aliphatic heterocycles. The highest BCUT2D eigenvalue weighted by Gasteiger charge is 2.31. The number of unbranched alkanes of at least 4 members (excludes halogenated alkanes) is 20. The van der Waals surface area contributed by atoms with Crippen molar-refractivity contribution in [2.45, 2.75) is 212 Å². The van der Waals surface area contributed by atoms with E-state index in [2.05, 4.69) is 62.5 Å². The summed E-state index contributed by atoms with van der Waals surface area (Å²) in [6.45, 7) is 4.63. The van der Waals surface area contributed by atoms with Crippen molar-refractivity contribution in [3.8, 4) is 0 Å². The monoisotopic (exact) mass is 817 g/mol. The predicted octanol–water partition coefficient (Wildman–Crippen LogP) is 13.2. The average Bonchev–Trinajstić information content (AvgIpc) is 3.18. The van der Waals surface area contributed by atoms with Gasteiger partial charge in [-0.1, -0.05) is 178 Å². The van der Waals surface area contributed by atoms with Crippen molar-refractivity contribution in [2.24, 2.45) is 0 Å². The molecule has 8 nitrogen and oxygen atoms in total. The van der Waals surface area contributed by atoms with Gasteiger partial charge in [-0.05, 0) is 51.4 Å². The van der Waals surface area contributed by atoms with E-state index in [0.717, 1.165) is 70.6 Å². The molecular formula is C50H90NO7+. The minimum atomic E-state index is -0.876. The fourth-order valence-corrected chi connectivity index (χ4v) is 6.85. The van der Waals surface area contributed by atoms with E-state index in [4.69, 9.17) is 14.2 Å². The van der Waals surface area contributed by atoms with Gasteiger partial charge in [0, 0.05) is 19.3 Å². The average molecular weight is 817 g/mol. The van der Waals surface area contributed by atoms with Gasteiger partial charge in [-0.25, -0.2) is 4.79 Å². The van der Waals surface area contributed by atoms with E-state index in [9.17, 15) is 19.5 Å². The first-order valence-electron chi connectivity index (χ1n) is 23.7. The zero-order valence-corrected chi connectivity index (χ0v) is 38.2. The number of likely N-dealkylation sites (N-methyl/N-ethyl adjacent to an activating group) is 1. The van der Waals surface area contributed by atoms with Crippen LogP contribution >= 0.6 is 0 Å². The topological polar surface area (TPSA) is 99.1 Å². The van der Waals surface area contributed by atoms with Crippen LogP contribution in [-0.2, 0) is 28.6 Å². The maximum atomic E-state index is 12.7. The van der Waals surface area contributed by atoms with E-state index in [1.54, 1.807) is 0 Å². The Morgan fingerprint density at radius 1 is 0.534 bits per heavy atom. The molecule has 0 spiro atoms. The number of carbonyl (C=O) groups is 3. The number of hydrogen-bond donors (Lipinski definition) is 1. The molecule has 0 heterocycles. The van der Waals surface area contributed by atoms with Crippen LogP contribution in [0.25, 0.3) is 0 Å². The summed E-state index contributed by atoms with van der Waals surface area (Å²) in [4.78, 5) is 37.0. The van der Waals surface area contributed by atoms with E-state index < -0.39 is 18.1 Å². The fraction of sp³-hybridized carbons (Fsp3) is 0.780. The summed E-state index contributed by atoms with van der Waals surface area (Å²) in [5.74, 6) is -1.47. The van der Waals surface area contributed by atoms with E-state index in [-0.39, 0.29) is 36.2 Å². The van der Waals surface area contributed by atoms with Crippen molar-refractivity contribution in [2.75, 3.05) is 41.0 Å². The van der Waals surface area contributed by atoms with Crippen LogP contribution in [0.3, 0.4) is 0 Å². The highest BCUT2D eigenvalue weighted by molar-refractivity contribution is 5.72. The molecule has 8 heteroatoms. The lowest BCUT2D eigenvalue weighted by Crippen LogP contribution is -2.50. The van der Waals surface area contributed by atoms with Crippen LogP contribution in [0.2, 0.25) is 0 Å². The normalized spacial score (nSPS) is 13.3. The fourth-order valence-electron chi connectivity index (χ4n) is 6.85. The molecule has 1 N–H and O–H groups in total. The summed E-state index contributed by atoms with van der Waals surface area (Å²) in [5, 5.41) is 9.63. The summed E-state index contributed by atoms with van der Waals surface area (Å²) in [5.41, 5.74) is 0. The standard InChI is InChI=1S/C50H89NO7/c1-6-8-10-12-14-16-18-20-22-23-24-25-26-27-29-30-32-34-36-38-40-48(52)57-45-46(44-56-43-42-47(50(54)55)51(3,4)5)58-49(53)41-39-37-35-33-31-28-21-19-17-15-13-11-9-7-2/h8,10,14,16,20,22,24-25,46-47H,6-7,9,11-13,15,17-19,21,23,26-45H2,1-5H3/p+1/b10-8+,16-14+,22-20+,25-24+. The molecule has 0 rings (SSSR count). The van der Waals surface area contributed by atoms with Crippen LogP contribution in [0, 0.1) is 0 Å². The van der Waals surface area contributed by atoms with Gasteiger partial charge in [-0.3, -0.25) is 9.59 Å². The molecule has 0 fully saturated rings. The lowest BCUT2D eigenvalue weighted by molar-refractivity contribution is -0.887. The maximum absolute atomic E-state index is 12.7. The van der Waals surface area contributed by atoms with Crippen LogP contribution in [-0.4, -0.2) is 80.6 Å². The van der Waals surface area contributed by atoms with Crippen LogP contribution in [0.15, 0.2) is 48.6 Å². The predicted molar refractivity (Wildman–Crippen MR) is 243 cm³/mol. The minimum Gasteiger partial charge on any atom is -0.477 e. The zero-order valence-electron chi connectivity index (χ0n) is 38.2. The number of carbonyl (C=O) groups excluding carboxylic acids is 2. The molecular weight excluding hydrogens is 727 g/mol. The number of allylic oxidation sites excluding steroid dienone is 8. The number of quaternary nitrogens is 1. The Morgan fingerprint density at radius 3 is 1.43 bits per heavy atom. The maximum Gasteiger partial charge on any atom is 0.362 e. The Kier molecular flexibility index (Phi) is 39.1. The highest BCUT2D eigenvalue weighted by atomic mass is 16.6. The van der Waals surface area contributed by atoms with Crippen molar-refractivity contribution >= 4 is 17.9 Å². The van der Waals surface area contributed by atoms with Crippen LogP contribution in [0.5, 0.6) is 0 Å². The number of hydrogen-bond acceptors (Lipinski definition) is 6. The Hall–Kier alpha value is -2.71. The second-order valence-corrected chi connectivity index (χ2v) is 17.0. The summed E-state index contributed by atoms with van der Waals surface area (Å²) in [6, 6.07) is -0.616. The van der Waals surface area contributed by atoms with Crippen LogP contribution < -0.4 is 0 Å². The van der Waals surface area contributed by atoms with Crippen molar-refractivity contribution in [1.29, 1.82) is 0 Å². The van der Waals surface area contributed by atoms with Gasteiger partial charge in [0.05, 0.1) is 34.4 Å². The van der Waals surface area contributed by atoms with E-state index in [0.29, 0.717) is 19.3 Å². The number of rotatable bonds is 42. The van der Waals surface area contributed by atoms with E-state index >= 15 is 0 Å². The van der Waals surface area contributed by atoms with Gasteiger partial charge in [0.15, 0.2) is 12.1 Å². The number of ether oxygens (including phenoxy) is 3. The third kappa shape index (κ3) is 38.8. The largest absolute Gasteiger partial charge is 0.477 e. The third-order valence-corrected chi connectivity index (χ3v) is 10.5. The quantitative estimate of drug-likeness (QED) is 0.0283. The minimum absolute atomic E-state index is 0.0553. The Labute approximate surface area is 356 Å². The molecule has 0 amide bonds. The molecule has 2 unspecified atom stereocenters. The SMILES string of the molecule is CC/C=C/C/C=C/C/C=C/C/C=C/CCCCCCCCCC(=O)OCC(COCCC(C(=O)O)[N+](C)(C)C)OC(=O)CCCCCCCCCCCCCCCC. The zero-order chi connectivity index (χ0) is 42.8. The first kappa shape index (κ1) is 55.3. The Morgan fingerprint density at radius 2 is 0.966 bits per heavy atom. The second kappa shape index (κ2) is 41.0. The van der Waals surface area contributed by atoms with Gasteiger partial charge < -0.3 is 23.8 Å². The number of aliphatic carboxylic acids is 1. The number of carboxylic acids is 1. The molecule has 0 saturated carbocycles. The van der Waals surface area contributed by atoms with Crippen molar-refractivity contribution in [3.05, 3.63) is 48.6 Å². The molecule has 336 valence electrons. The Bertz CT molecular complexity index is 1090. The molecule has 58 heavy (non-hydrogen) atoms. The molecule has 0 aliphatic carbocycles. The number of nitrogens with zero attached hydrogens (tertiary/aromatic N) is 1. The van der Waals surface area contributed by atoms with Gasteiger partial charge in [0.25, 0.3) is 0 Å². The molecule has 0 saturated heterocycles. The molecule has 0 aliphatic rings. The second-order valence-electron chi connectivity index (χ2n) is 17.0. The van der Waals surface area contributed by atoms with E-state index in [1.807, 2.05) is 21.1 Å². The van der Waals surface area contributed by atoms with E-state index in [1.165, 1.54) is 96.3 Å². The molecule has 0 radical (unpaired) electrons. The van der Waals surface area contributed by atoms with Crippen molar-refractivity contribution < 1.29 is 38.2 Å². The van der Waals surface area contributed by atoms with Gasteiger partial charge >= 0.3 is 17.9 Å². The lowest BCUT2D eigenvalue weighted by Gasteiger charge is -2.31. The first-order valence-corrected chi connectivity index (χ1v) is 23.7. The number of carboxylic acid groups (broad SMARTS) is 1. The molecule has 0 aromatic rings. The van der Waals surface area contributed by atoms with Crippen LogP contribution in [0.4, 0.5) is 0 Å². The summed E-state index contributed by atoms with van der Waals surface area (Å²) < 4.78 is 17.3. The van der Waals surface area contributed by atoms with Gasteiger partial charge in [-0.2, -0.15) is 0 Å². The Balaban J connectivity index is 4.29. The lowest BCUT2D eigenvalue weighted by atomic mass is 10.0. The molecule has 0 bridgehead atoms. The molecule has 2 atom stereocenters. The summed E-state index contributed by atoms with van der Waals surface area (Å²) in [7, 11) is 5.53. The van der Waals surface area contributed by atoms with Crippen LogP contribution in [0.1, 0.15) is 200 Å². The van der Waals surface area contributed by atoms with Gasteiger partial charge in [0.2, 0.25) is 0 Å². The number of esters is 2. The first-order chi connectivity index (χ1) is 28.1. The van der Waals surface area contributed by atoms with Crippen molar-refractivity contribution in [3.63, 3.8) is 0 Å².